The summed E-state index contributed by atoms with van der Waals surface area (Å²) in [6.45, 7) is 0.0160. The van der Waals surface area contributed by atoms with E-state index in [2.05, 4.69) is 15.3 Å². The first kappa shape index (κ1) is 18.4. The van der Waals surface area contributed by atoms with Gasteiger partial charge in [0.25, 0.3) is 0 Å². The van der Waals surface area contributed by atoms with E-state index >= 15 is 0 Å². The lowest BCUT2D eigenvalue weighted by atomic mass is 10.2. The molecule has 0 atom stereocenters. The summed E-state index contributed by atoms with van der Waals surface area (Å²) < 4.78 is 24.0. The van der Waals surface area contributed by atoms with Crippen LogP contribution in [-0.2, 0) is 4.79 Å². The molecule has 0 saturated heterocycles. The van der Waals surface area contributed by atoms with Crippen LogP contribution in [-0.4, -0.2) is 43.7 Å². The van der Waals surface area contributed by atoms with Crippen LogP contribution in [0.4, 0.5) is 15.9 Å². The predicted molar refractivity (Wildman–Crippen MR) is 101 cm³/mol. The van der Waals surface area contributed by atoms with Crippen molar-refractivity contribution in [2.24, 2.45) is 0 Å². The number of likely N-dealkylation sites (N-methyl/N-ethyl adjacent to an activating group) is 1. The molecule has 0 aliphatic heterocycles. The molecule has 8 heteroatoms. The topological polar surface area (TPSA) is 76.6 Å². The number of halogens is 1. The Morgan fingerprint density at radius 1 is 1.11 bits per heavy atom. The fourth-order valence-electron chi connectivity index (χ4n) is 2.69. The fraction of sp³-hybridized carbons (Fsp3) is 0.211. The second-order valence-electron chi connectivity index (χ2n) is 5.86. The van der Waals surface area contributed by atoms with E-state index in [9.17, 15) is 9.18 Å². The van der Waals surface area contributed by atoms with E-state index in [1.165, 1.54) is 32.7 Å². The molecule has 0 spiro atoms. The second kappa shape index (κ2) is 7.86. The number of methoxy groups -OCH3 is 2. The van der Waals surface area contributed by atoms with Crippen LogP contribution < -0.4 is 19.7 Å². The van der Waals surface area contributed by atoms with Gasteiger partial charge in [-0.15, -0.1) is 0 Å². The molecular formula is C19H19FN4O3. The number of hydrogen-bond acceptors (Lipinski definition) is 6. The molecule has 1 amide bonds. The molecule has 1 heterocycles. The molecule has 7 nitrogen and oxygen atoms in total. The Morgan fingerprint density at radius 2 is 1.81 bits per heavy atom. The van der Waals surface area contributed by atoms with Crippen molar-refractivity contribution in [3.8, 4) is 11.5 Å². The van der Waals surface area contributed by atoms with Crippen molar-refractivity contribution >= 4 is 28.3 Å². The zero-order valence-corrected chi connectivity index (χ0v) is 15.2. The first-order valence-electron chi connectivity index (χ1n) is 8.14. The number of nitrogens with zero attached hydrogens (tertiary/aromatic N) is 3. The molecular weight excluding hydrogens is 351 g/mol. The van der Waals surface area contributed by atoms with Gasteiger partial charge < -0.3 is 19.7 Å². The minimum Gasteiger partial charge on any atom is -0.497 e. The van der Waals surface area contributed by atoms with E-state index in [0.717, 1.165) is 0 Å². The largest absolute Gasteiger partial charge is 0.497 e. The van der Waals surface area contributed by atoms with Gasteiger partial charge in [-0.3, -0.25) is 4.79 Å². The lowest BCUT2D eigenvalue weighted by Crippen LogP contribution is -2.30. The average molecular weight is 370 g/mol. The lowest BCUT2D eigenvalue weighted by Gasteiger charge is -2.19. The SMILES string of the molecule is COc1cc(NC(=O)CN(C)c2ncnc3ccc(F)cc23)cc(OC)c1. The van der Waals surface area contributed by atoms with Crippen LogP contribution in [0.15, 0.2) is 42.7 Å². The van der Waals surface area contributed by atoms with Gasteiger partial charge in [0.15, 0.2) is 0 Å². The monoisotopic (exact) mass is 370 g/mol. The summed E-state index contributed by atoms with van der Waals surface area (Å²) in [5, 5.41) is 3.33. The van der Waals surface area contributed by atoms with E-state index in [-0.39, 0.29) is 18.3 Å². The van der Waals surface area contributed by atoms with Crippen molar-refractivity contribution in [1.82, 2.24) is 9.97 Å². The molecule has 27 heavy (non-hydrogen) atoms. The maximum Gasteiger partial charge on any atom is 0.243 e. The van der Waals surface area contributed by atoms with Crippen LogP contribution in [0, 0.1) is 5.82 Å². The highest BCUT2D eigenvalue weighted by molar-refractivity contribution is 5.96. The highest BCUT2D eigenvalue weighted by Gasteiger charge is 2.14. The molecule has 0 saturated carbocycles. The normalized spacial score (nSPS) is 10.5. The number of fused-ring (bicyclic) bond motifs is 1. The van der Waals surface area contributed by atoms with Crippen LogP contribution in [0.5, 0.6) is 11.5 Å². The minimum absolute atomic E-state index is 0.0160. The van der Waals surface area contributed by atoms with Gasteiger partial charge in [-0.2, -0.15) is 0 Å². The van der Waals surface area contributed by atoms with Crippen molar-refractivity contribution in [2.75, 3.05) is 38.0 Å². The fourth-order valence-corrected chi connectivity index (χ4v) is 2.69. The Morgan fingerprint density at radius 3 is 2.48 bits per heavy atom. The Kier molecular flexibility index (Phi) is 5.35. The van der Waals surface area contributed by atoms with Crippen LogP contribution in [0.25, 0.3) is 10.9 Å². The minimum atomic E-state index is -0.389. The molecule has 2 aromatic carbocycles. The number of carbonyl (C=O) groups excluding carboxylic acids is 1. The number of hydrogen-bond donors (Lipinski definition) is 1. The third kappa shape index (κ3) is 4.22. The average Bonchev–Trinajstić information content (AvgIpc) is 2.66. The number of benzene rings is 2. The van der Waals surface area contributed by atoms with Gasteiger partial charge in [-0.1, -0.05) is 0 Å². The standard InChI is InChI=1S/C19H19FN4O3/c1-24(19-16-6-12(20)4-5-17(16)21-11-22-19)10-18(25)23-13-7-14(26-2)9-15(8-13)27-3/h4-9,11H,10H2,1-3H3,(H,23,25). The molecule has 0 fully saturated rings. The summed E-state index contributed by atoms with van der Waals surface area (Å²) in [4.78, 5) is 22.4. The lowest BCUT2D eigenvalue weighted by molar-refractivity contribution is -0.114. The first-order chi connectivity index (χ1) is 13.0. The molecule has 140 valence electrons. The van der Waals surface area contributed by atoms with E-state index in [1.807, 2.05) is 0 Å². The molecule has 0 radical (unpaired) electrons. The summed E-state index contributed by atoms with van der Waals surface area (Å²) in [6, 6.07) is 9.36. The number of carbonyl (C=O) groups is 1. The number of aromatic nitrogens is 2. The highest BCUT2D eigenvalue weighted by atomic mass is 19.1. The van der Waals surface area contributed by atoms with Crippen molar-refractivity contribution < 1.29 is 18.7 Å². The van der Waals surface area contributed by atoms with E-state index in [4.69, 9.17) is 9.47 Å². The van der Waals surface area contributed by atoms with Crippen molar-refractivity contribution in [2.45, 2.75) is 0 Å². The molecule has 0 bridgehead atoms. The highest BCUT2D eigenvalue weighted by Crippen LogP contribution is 2.26. The third-order valence-electron chi connectivity index (χ3n) is 3.95. The quantitative estimate of drug-likeness (QED) is 0.719. The molecule has 1 N–H and O–H groups in total. The smallest absolute Gasteiger partial charge is 0.243 e. The number of anilines is 2. The number of amides is 1. The van der Waals surface area contributed by atoms with Crippen LogP contribution in [0.1, 0.15) is 0 Å². The van der Waals surface area contributed by atoms with Gasteiger partial charge in [0.05, 0.1) is 26.3 Å². The van der Waals surface area contributed by atoms with E-state index < -0.39 is 0 Å². The zero-order chi connectivity index (χ0) is 19.4. The van der Waals surface area contributed by atoms with Crippen LogP contribution >= 0.6 is 0 Å². The maximum atomic E-state index is 13.6. The third-order valence-corrected chi connectivity index (χ3v) is 3.95. The number of ether oxygens (including phenoxy) is 2. The summed E-state index contributed by atoms with van der Waals surface area (Å²) in [7, 11) is 4.78. The van der Waals surface area contributed by atoms with E-state index in [1.54, 1.807) is 36.2 Å². The molecule has 3 aromatic rings. The molecule has 3 rings (SSSR count). The predicted octanol–water partition coefficient (Wildman–Crippen LogP) is 2.86. The van der Waals surface area contributed by atoms with Crippen molar-refractivity contribution in [3.05, 3.63) is 48.5 Å². The van der Waals surface area contributed by atoms with Crippen molar-refractivity contribution in [1.29, 1.82) is 0 Å². The summed E-state index contributed by atoms with van der Waals surface area (Å²) >= 11 is 0. The zero-order valence-electron chi connectivity index (χ0n) is 15.2. The number of nitrogens with one attached hydrogen (secondary N) is 1. The van der Waals surface area contributed by atoms with Gasteiger partial charge in [0.2, 0.25) is 5.91 Å². The van der Waals surface area contributed by atoms with Gasteiger partial charge in [0.1, 0.15) is 29.5 Å². The number of rotatable bonds is 6. The first-order valence-corrected chi connectivity index (χ1v) is 8.14. The van der Waals surface area contributed by atoms with Gasteiger partial charge in [-0.05, 0) is 18.2 Å². The van der Waals surface area contributed by atoms with Gasteiger partial charge in [0, 0.05) is 36.3 Å². The Balaban J connectivity index is 1.78. The maximum absolute atomic E-state index is 13.6. The summed E-state index contributed by atoms with van der Waals surface area (Å²) in [6.07, 6.45) is 1.39. The Labute approximate surface area is 155 Å². The second-order valence-corrected chi connectivity index (χ2v) is 5.86. The van der Waals surface area contributed by atoms with Crippen LogP contribution in [0.3, 0.4) is 0 Å². The summed E-state index contributed by atoms with van der Waals surface area (Å²) in [5.41, 5.74) is 1.15. The van der Waals surface area contributed by atoms with Crippen molar-refractivity contribution in [3.63, 3.8) is 0 Å². The van der Waals surface area contributed by atoms with E-state index in [0.29, 0.717) is 33.9 Å². The molecule has 0 aliphatic rings. The van der Waals surface area contributed by atoms with Crippen LogP contribution in [0.2, 0.25) is 0 Å². The Bertz CT molecular complexity index is 958. The Hall–Kier alpha value is -3.42. The summed E-state index contributed by atoms with van der Waals surface area (Å²) in [5.74, 6) is 0.944. The molecule has 0 unspecified atom stereocenters. The van der Waals surface area contributed by atoms with Gasteiger partial charge >= 0.3 is 0 Å². The molecule has 1 aromatic heterocycles. The molecule has 0 aliphatic carbocycles. The van der Waals surface area contributed by atoms with Gasteiger partial charge in [-0.25, -0.2) is 14.4 Å².